The van der Waals surface area contributed by atoms with Crippen LogP contribution in [0.3, 0.4) is 0 Å². The van der Waals surface area contributed by atoms with E-state index in [4.69, 9.17) is 0 Å². The number of carbonyl (C=O) groups is 2. The minimum atomic E-state index is -0.247. The van der Waals surface area contributed by atoms with Crippen molar-refractivity contribution in [1.29, 1.82) is 0 Å². The van der Waals surface area contributed by atoms with Gasteiger partial charge in [-0.3, -0.25) is 9.59 Å². The highest BCUT2D eigenvalue weighted by molar-refractivity contribution is 5.87. The predicted octanol–water partition coefficient (Wildman–Crippen LogP) is 0.925. The molecule has 2 heterocycles. The van der Waals surface area contributed by atoms with E-state index in [0.717, 1.165) is 45.3 Å². The Morgan fingerprint density at radius 3 is 2.60 bits per heavy atom. The molecule has 116 valence electrons. The van der Waals surface area contributed by atoms with Gasteiger partial charge in [0.1, 0.15) is 6.04 Å². The Morgan fingerprint density at radius 1 is 1.35 bits per heavy atom. The van der Waals surface area contributed by atoms with Crippen LogP contribution in [0.4, 0.5) is 0 Å². The van der Waals surface area contributed by atoms with E-state index in [0.29, 0.717) is 6.54 Å². The summed E-state index contributed by atoms with van der Waals surface area (Å²) in [7, 11) is 0. The first kappa shape index (κ1) is 17.2. The number of amides is 2. The fourth-order valence-electron chi connectivity index (χ4n) is 3.04. The molecular weight excluding hydrogens is 278 g/mol. The van der Waals surface area contributed by atoms with Crippen LogP contribution in [0.1, 0.15) is 39.5 Å². The van der Waals surface area contributed by atoms with Gasteiger partial charge in [-0.25, -0.2) is 0 Å². The van der Waals surface area contributed by atoms with Crippen LogP contribution in [0.5, 0.6) is 0 Å². The summed E-state index contributed by atoms with van der Waals surface area (Å²) in [6.45, 7) is 7.25. The Morgan fingerprint density at radius 2 is 2.00 bits per heavy atom. The minimum absolute atomic E-state index is 0. The van der Waals surface area contributed by atoms with Crippen LogP contribution >= 0.6 is 12.4 Å². The van der Waals surface area contributed by atoms with Crippen LogP contribution in [0.2, 0.25) is 0 Å². The van der Waals surface area contributed by atoms with Crippen molar-refractivity contribution >= 4 is 24.2 Å². The van der Waals surface area contributed by atoms with Crippen molar-refractivity contribution < 1.29 is 9.59 Å². The fraction of sp³-hybridized carbons (Fsp3) is 0.857. The smallest absolute Gasteiger partial charge is 0.242 e. The number of piperidine rings is 1. The molecule has 0 bridgehead atoms. The van der Waals surface area contributed by atoms with Gasteiger partial charge in [0.2, 0.25) is 11.8 Å². The molecule has 1 unspecified atom stereocenters. The molecule has 6 heteroatoms. The van der Waals surface area contributed by atoms with E-state index in [9.17, 15) is 9.59 Å². The predicted molar refractivity (Wildman–Crippen MR) is 80.9 cm³/mol. The summed E-state index contributed by atoms with van der Waals surface area (Å²) >= 11 is 0. The van der Waals surface area contributed by atoms with Crippen LogP contribution in [0.25, 0.3) is 0 Å². The third-order valence-corrected chi connectivity index (χ3v) is 4.46. The highest BCUT2D eigenvalue weighted by Crippen LogP contribution is 2.27. The summed E-state index contributed by atoms with van der Waals surface area (Å²) in [5.41, 5.74) is 0.195. The Kier molecular flexibility index (Phi) is 6.27. The summed E-state index contributed by atoms with van der Waals surface area (Å²) < 4.78 is 0. The monoisotopic (exact) mass is 303 g/mol. The average Bonchev–Trinajstić information content (AvgIpc) is 2.86. The van der Waals surface area contributed by atoms with Gasteiger partial charge >= 0.3 is 0 Å². The van der Waals surface area contributed by atoms with Crippen LogP contribution in [-0.4, -0.2) is 48.9 Å². The Bertz CT molecular complexity index is 356. The molecule has 0 aromatic carbocycles. The molecule has 2 fully saturated rings. The maximum atomic E-state index is 12.2. The van der Waals surface area contributed by atoms with Crippen molar-refractivity contribution in [2.24, 2.45) is 5.41 Å². The average molecular weight is 304 g/mol. The molecular formula is C14H26ClN3O2. The number of nitrogens with one attached hydrogen (secondary N) is 2. The zero-order chi connectivity index (χ0) is 13.9. The molecule has 2 rings (SSSR count). The van der Waals surface area contributed by atoms with Crippen molar-refractivity contribution in [2.75, 3.05) is 26.2 Å². The lowest BCUT2D eigenvalue weighted by Crippen LogP contribution is -2.49. The molecule has 20 heavy (non-hydrogen) atoms. The molecule has 2 saturated heterocycles. The van der Waals surface area contributed by atoms with Gasteiger partial charge < -0.3 is 15.5 Å². The topological polar surface area (TPSA) is 61.4 Å². The lowest BCUT2D eigenvalue weighted by atomic mass is 9.81. The number of hydrogen-bond donors (Lipinski definition) is 2. The molecule has 2 aliphatic rings. The molecule has 5 nitrogen and oxygen atoms in total. The van der Waals surface area contributed by atoms with E-state index in [1.165, 1.54) is 0 Å². The number of likely N-dealkylation sites (tertiary alicyclic amines) is 1. The molecule has 0 saturated carbocycles. The van der Waals surface area contributed by atoms with Crippen LogP contribution in [0.15, 0.2) is 0 Å². The van der Waals surface area contributed by atoms with Crippen molar-refractivity contribution in [3.8, 4) is 0 Å². The molecule has 1 atom stereocenters. The zero-order valence-corrected chi connectivity index (χ0v) is 13.2. The minimum Gasteiger partial charge on any atom is -0.354 e. The molecule has 2 amide bonds. The first-order chi connectivity index (χ1) is 9.02. The van der Waals surface area contributed by atoms with E-state index in [-0.39, 0.29) is 35.7 Å². The number of carbonyl (C=O) groups excluding carboxylic acids is 2. The summed E-state index contributed by atoms with van der Waals surface area (Å²) in [5, 5.41) is 6.40. The first-order valence-corrected chi connectivity index (χ1v) is 7.27. The van der Waals surface area contributed by atoms with Crippen molar-refractivity contribution in [2.45, 2.75) is 45.6 Å². The van der Waals surface area contributed by atoms with Gasteiger partial charge in [0.25, 0.3) is 0 Å². The van der Waals surface area contributed by atoms with Gasteiger partial charge in [0, 0.05) is 20.0 Å². The molecule has 0 aromatic heterocycles. The van der Waals surface area contributed by atoms with Gasteiger partial charge in [-0.05, 0) is 44.2 Å². The molecule has 2 N–H and O–H groups in total. The number of rotatable bonds is 3. The van der Waals surface area contributed by atoms with E-state index in [1.807, 2.05) is 0 Å². The van der Waals surface area contributed by atoms with Crippen LogP contribution < -0.4 is 10.6 Å². The maximum Gasteiger partial charge on any atom is 0.242 e. The Hall–Kier alpha value is -0.810. The van der Waals surface area contributed by atoms with Crippen LogP contribution in [0, 0.1) is 5.41 Å². The summed E-state index contributed by atoms with van der Waals surface area (Å²) in [6, 6.07) is -0.247. The summed E-state index contributed by atoms with van der Waals surface area (Å²) in [6.07, 6.45) is 3.91. The summed E-state index contributed by atoms with van der Waals surface area (Å²) in [4.78, 5) is 25.4. The lowest BCUT2D eigenvalue weighted by Gasteiger charge is -2.34. The summed E-state index contributed by atoms with van der Waals surface area (Å²) in [5.74, 6) is 0.0261. The van der Waals surface area contributed by atoms with Crippen LogP contribution in [-0.2, 0) is 9.59 Å². The Labute approximate surface area is 127 Å². The number of nitrogens with zero attached hydrogens (tertiary/aromatic N) is 1. The standard InChI is InChI=1S/C14H25N3O2.ClH/c1-11(18)17-9-3-4-12(17)13(19)16-10-14(2)5-7-15-8-6-14;/h12,15H,3-10H2,1-2H3,(H,16,19);1H. The highest BCUT2D eigenvalue weighted by Gasteiger charge is 2.34. The number of halogens is 1. The maximum absolute atomic E-state index is 12.2. The normalized spacial score (nSPS) is 24.9. The van der Waals surface area contributed by atoms with Gasteiger partial charge in [-0.15, -0.1) is 12.4 Å². The molecule has 0 spiro atoms. The SMILES string of the molecule is CC(=O)N1CCCC1C(=O)NCC1(C)CCNCC1.Cl. The van der Waals surface area contributed by atoms with E-state index in [2.05, 4.69) is 17.6 Å². The largest absolute Gasteiger partial charge is 0.354 e. The van der Waals surface area contributed by atoms with Crippen molar-refractivity contribution in [1.82, 2.24) is 15.5 Å². The molecule has 0 aliphatic carbocycles. The van der Waals surface area contributed by atoms with E-state index in [1.54, 1.807) is 11.8 Å². The lowest BCUT2D eigenvalue weighted by molar-refractivity contribution is -0.137. The van der Waals surface area contributed by atoms with Crippen molar-refractivity contribution in [3.63, 3.8) is 0 Å². The highest BCUT2D eigenvalue weighted by atomic mass is 35.5. The van der Waals surface area contributed by atoms with E-state index >= 15 is 0 Å². The first-order valence-electron chi connectivity index (χ1n) is 7.27. The third-order valence-electron chi connectivity index (χ3n) is 4.46. The second kappa shape index (κ2) is 7.27. The number of hydrogen-bond acceptors (Lipinski definition) is 3. The second-order valence-electron chi connectivity index (χ2n) is 6.15. The quantitative estimate of drug-likeness (QED) is 0.815. The van der Waals surface area contributed by atoms with E-state index < -0.39 is 0 Å². The molecule has 0 aromatic rings. The second-order valence-corrected chi connectivity index (χ2v) is 6.15. The van der Waals surface area contributed by atoms with Gasteiger partial charge in [-0.2, -0.15) is 0 Å². The zero-order valence-electron chi connectivity index (χ0n) is 12.4. The molecule has 2 aliphatic heterocycles. The molecule has 0 radical (unpaired) electrons. The van der Waals surface area contributed by atoms with Crippen molar-refractivity contribution in [3.05, 3.63) is 0 Å². The Balaban J connectivity index is 0.00000200. The fourth-order valence-corrected chi connectivity index (χ4v) is 3.04. The third kappa shape index (κ3) is 4.09. The van der Waals surface area contributed by atoms with Gasteiger partial charge in [0.05, 0.1) is 0 Å². The van der Waals surface area contributed by atoms with Gasteiger partial charge in [0.15, 0.2) is 0 Å². The van der Waals surface area contributed by atoms with Gasteiger partial charge in [-0.1, -0.05) is 6.92 Å².